The van der Waals surface area contributed by atoms with Gasteiger partial charge in [0.05, 0.1) is 0 Å². The summed E-state index contributed by atoms with van der Waals surface area (Å²) in [6.07, 6.45) is 2.76. The van der Waals surface area contributed by atoms with Crippen molar-refractivity contribution in [3.05, 3.63) is 20.1 Å². The van der Waals surface area contributed by atoms with Crippen LogP contribution < -0.4 is 0 Å². The number of hydrogen-bond donors (Lipinski definition) is 0. The van der Waals surface area contributed by atoms with Crippen molar-refractivity contribution in [2.75, 3.05) is 0 Å². The topological polar surface area (TPSA) is 0 Å². The quantitative estimate of drug-likeness (QED) is 0.500. The molecule has 0 N–H and O–H groups in total. The second-order valence-electron chi connectivity index (χ2n) is 2.62. The molecule has 0 nitrogen and oxygen atoms in total. The van der Waals surface area contributed by atoms with Crippen LogP contribution in [0.4, 0.5) is 0 Å². The van der Waals surface area contributed by atoms with Gasteiger partial charge >= 0.3 is 0 Å². The van der Waals surface area contributed by atoms with E-state index in [2.05, 4.69) is 0 Å². The van der Waals surface area contributed by atoms with Crippen LogP contribution in [0.5, 0.6) is 0 Å². The van der Waals surface area contributed by atoms with Crippen LogP contribution in [-0.2, 0) is 21.1 Å². The van der Waals surface area contributed by atoms with E-state index in [0.717, 1.165) is 0 Å². The Morgan fingerprint density at radius 3 is 0.846 bits per heavy atom. The minimum atomic E-state index is 0. The van der Waals surface area contributed by atoms with Gasteiger partial charge in [0.2, 0.25) is 0 Å². The molecule has 0 aromatic heterocycles. The fourth-order valence-electron chi connectivity index (χ4n) is 0.982. The maximum atomic E-state index is 5.88. The van der Waals surface area contributed by atoms with Crippen molar-refractivity contribution in [2.24, 2.45) is 0 Å². The van der Waals surface area contributed by atoms with Crippen molar-refractivity contribution in [3.8, 4) is 0 Å². The van der Waals surface area contributed by atoms with Crippen LogP contribution in [0.1, 0.15) is 25.7 Å². The van der Waals surface area contributed by atoms with Crippen molar-refractivity contribution in [2.45, 2.75) is 25.7 Å². The van der Waals surface area contributed by atoms with E-state index in [1.54, 1.807) is 0 Å². The standard InChI is InChI=1S/C8H8Cl4.Pt/c9-5-1-2-6(10)8(12)4-3-7(5)11;/h1-4H2;. The summed E-state index contributed by atoms with van der Waals surface area (Å²) in [5.41, 5.74) is 0. The predicted octanol–water partition coefficient (Wildman–Crippen LogP) is 4.94. The van der Waals surface area contributed by atoms with E-state index in [1.807, 2.05) is 0 Å². The summed E-state index contributed by atoms with van der Waals surface area (Å²) >= 11 is 23.5. The van der Waals surface area contributed by atoms with Gasteiger partial charge in [-0.1, -0.05) is 46.4 Å². The molecule has 0 saturated heterocycles. The molecule has 0 aliphatic heterocycles. The van der Waals surface area contributed by atoms with E-state index >= 15 is 0 Å². The Morgan fingerprint density at radius 1 is 0.538 bits per heavy atom. The summed E-state index contributed by atoms with van der Waals surface area (Å²) in [5, 5.41) is 2.83. The number of allylic oxidation sites excluding steroid dienone is 4. The molecule has 1 rings (SSSR count). The molecule has 0 saturated carbocycles. The number of rotatable bonds is 0. The summed E-state index contributed by atoms with van der Waals surface area (Å²) < 4.78 is 0. The molecule has 0 atom stereocenters. The van der Waals surface area contributed by atoms with Crippen molar-refractivity contribution in [1.29, 1.82) is 0 Å². The van der Waals surface area contributed by atoms with Crippen LogP contribution >= 0.6 is 46.4 Å². The zero-order valence-electron chi connectivity index (χ0n) is 6.66. The Balaban J connectivity index is 0.00000144. The van der Waals surface area contributed by atoms with Gasteiger partial charge in [0.15, 0.2) is 0 Å². The van der Waals surface area contributed by atoms with Crippen LogP contribution in [0.3, 0.4) is 0 Å². The van der Waals surface area contributed by atoms with Crippen LogP contribution in [0.25, 0.3) is 0 Å². The second kappa shape index (κ2) is 6.75. The van der Waals surface area contributed by atoms with Gasteiger partial charge in [-0.15, -0.1) is 0 Å². The molecule has 0 unspecified atom stereocenters. The van der Waals surface area contributed by atoms with Gasteiger partial charge in [0.25, 0.3) is 0 Å². The third kappa shape index (κ3) is 4.58. The van der Waals surface area contributed by atoms with E-state index < -0.39 is 0 Å². The Kier molecular flexibility index (Phi) is 7.44. The van der Waals surface area contributed by atoms with Gasteiger partial charge in [-0.3, -0.25) is 0 Å². The fourth-order valence-corrected chi connectivity index (χ4v) is 1.74. The Hall–Kier alpha value is 1.33. The van der Waals surface area contributed by atoms with Gasteiger partial charge in [-0.05, 0) is 25.7 Å². The normalized spacial score (nSPS) is 19.4. The van der Waals surface area contributed by atoms with E-state index in [0.29, 0.717) is 45.8 Å². The molecule has 0 bridgehead atoms. The molecular weight excluding hydrogens is 433 g/mol. The fraction of sp³-hybridized carbons (Fsp3) is 0.500. The largest absolute Gasteiger partial charge is 0.0879 e. The average molecular weight is 441 g/mol. The minimum absolute atomic E-state index is 0. The SMILES string of the molecule is ClC1=C(Cl)CCC(Cl)=C(Cl)CC1.[Pt]. The predicted molar refractivity (Wildman–Crippen MR) is 55.9 cm³/mol. The van der Waals surface area contributed by atoms with Crippen LogP contribution in [0.2, 0.25) is 0 Å². The molecule has 0 aromatic carbocycles. The summed E-state index contributed by atoms with van der Waals surface area (Å²) in [5.74, 6) is 0. The monoisotopic (exact) mass is 439 g/mol. The minimum Gasteiger partial charge on any atom is -0.0879 e. The third-order valence-electron chi connectivity index (χ3n) is 1.72. The third-order valence-corrected chi connectivity index (χ3v) is 3.58. The molecule has 0 heterocycles. The molecule has 78 valence electrons. The van der Waals surface area contributed by atoms with Crippen LogP contribution in [-0.4, -0.2) is 0 Å². The molecule has 13 heavy (non-hydrogen) atoms. The molecular formula is C8H8Cl4Pt. The Bertz CT molecular complexity index is 195. The number of halogens is 4. The molecule has 0 radical (unpaired) electrons. The molecule has 0 fully saturated rings. The first-order valence-corrected chi connectivity index (χ1v) is 5.18. The summed E-state index contributed by atoms with van der Waals surface area (Å²) in [6.45, 7) is 0. The Morgan fingerprint density at radius 2 is 0.692 bits per heavy atom. The van der Waals surface area contributed by atoms with Gasteiger partial charge in [0, 0.05) is 41.2 Å². The molecule has 5 heteroatoms. The zero-order valence-corrected chi connectivity index (χ0v) is 12.0. The van der Waals surface area contributed by atoms with Gasteiger partial charge in [0.1, 0.15) is 0 Å². The Labute approximate surface area is 113 Å². The van der Waals surface area contributed by atoms with Gasteiger partial charge in [-0.25, -0.2) is 0 Å². The van der Waals surface area contributed by atoms with E-state index in [4.69, 9.17) is 46.4 Å². The number of hydrogen-bond acceptors (Lipinski definition) is 0. The first-order chi connectivity index (χ1) is 5.61. The van der Waals surface area contributed by atoms with Crippen LogP contribution in [0.15, 0.2) is 20.1 Å². The summed E-state index contributed by atoms with van der Waals surface area (Å²) in [6, 6.07) is 0. The second-order valence-corrected chi connectivity index (χ2v) is 4.44. The molecule has 1 aliphatic carbocycles. The maximum Gasteiger partial charge on any atom is 0.0329 e. The van der Waals surface area contributed by atoms with Crippen molar-refractivity contribution in [3.63, 3.8) is 0 Å². The smallest absolute Gasteiger partial charge is 0.0329 e. The maximum absolute atomic E-state index is 5.88. The molecule has 1 aliphatic rings. The zero-order chi connectivity index (χ0) is 9.14. The molecule has 0 aromatic rings. The van der Waals surface area contributed by atoms with Crippen molar-refractivity contribution < 1.29 is 21.1 Å². The first-order valence-electron chi connectivity index (χ1n) is 3.67. The van der Waals surface area contributed by atoms with Gasteiger partial charge in [-0.2, -0.15) is 0 Å². The molecule has 0 amide bonds. The van der Waals surface area contributed by atoms with Gasteiger partial charge < -0.3 is 0 Å². The summed E-state index contributed by atoms with van der Waals surface area (Å²) in [4.78, 5) is 0. The van der Waals surface area contributed by atoms with E-state index in [1.165, 1.54) is 0 Å². The average Bonchev–Trinajstić information content (AvgIpc) is 2.07. The van der Waals surface area contributed by atoms with E-state index in [-0.39, 0.29) is 21.1 Å². The van der Waals surface area contributed by atoms with Crippen molar-refractivity contribution >= 4 is 46.4 Å². The first kappa shape index (κ1) is 14.3. The molecule has 0 spiro atoms. The summed E-state index contributed by atoms with van der Waals surface area (Å²) in [7, 11) is 0. The van der Waals surface area contributed by atoms with E-state index in [9.17, 15) is 0 Å². The van der Waals surface area contributed by atoms with Crippen molar-refractivity contribution in [1.82, 2.24) is 0 Å². The van der Waals surface area contributed by atoms with Crippen LogP contribution in [0, 0.1) is 0 Å².